The summed E-state index contributed by atoms with van der Waals surface area (Å²) in [5.74, 6) is 0. The van der Waals surface area contributed by atoms with E-state index in [9.17, 15) is 18.0 Å². The maximum Gasteiger partial charge on any atom is 0.416 e. The number of aromatic nitrogens is 2. The van der Waals surface area contributed by atoms with E-state index in [1.807, 2.05) is 0 Å². The van der Waals surface area contributed by atoms with Gasteiger partial charge in [-0.3, -0.25) is 9.69 Å². The average molecular weight is 352 g/mol. The van der Waals surface area contributed by atoms with Crippen LogP contribution in [-0.2, 0) is 19.8 Å². The predicted molar refractivity (Wildman–Crippen MR) is 88.4 cm³/mol. The number of piperazine rings is 1. The number of anilines is 1. The zero-order valence-corrected chi connectivity index (χ0v) is 13.8. The normalized spacial score (nSPS) is 16.2. The lowest BCUT2D eigenvalue weighted by molar-refractivity contribution is -0.137. The molecule has 134 valence electrons. The maximum atomic E-state index is 12.6. The second-order valence-corrected chi connectivity index (χ2v) is 6.13. The van der Waals surface area contributed by atoms with E-state index in [0.29, 0.717) is 6.54 Å². The number of nitrogens with zero attached hydrogens (tertiary/aromatic N) is 4. The highest BCUT2D eigenvalue weighted by Crippen LogP contribution is 2.29. The Kier molecular flexibility index (Phi) is 4.80. The van der Waals surface area contributed by atoms with E-state index in [4.69, 9.17) is 0 Å². The van der Waals surface area contributed by atoms with Crippen molar-refractivity contribution in [2.75, 3.05) is 31.1 Å². The molecule has 25 heavy (non-hydrogen) atoms. The molecule has 0 unspecified atom stereocenters. The minimum Gasteiger partial charge on any atom is -0.368 e. The number of alkyl halides is 3. The Balaban J connectivity index is 1.57. The highest BCUT2D eigenvalue weighted by atomic mass is 19.4. The molecule has 1 fully saturated rings. The fraction of sp³-hybridized carbons (Fsp3) is 0.412. The Morgan fingerprint density at radius 1 is 1.08 bits per heavy atom. The summed E-state index contributed by atoms with van der Waals surface area (Å²) < 4.78 is 39.1. The summed E-state index contributed by atoms with van der Waals surface area (Å²) in [4.78, 5) is 16.0. The van der Waals surface area contributed by atoms with E-state index >= 15 is 0 Å². The van der Waals surface area contributed by atoms with E-state index in [2.05, 4.69) is 14.9 Å². The molecule has 8 heteroatoms. The van der Waals surface area contributed by atoms with Crippen LogP contribution in [0.25, 0.3) is 0 Å². The molecule has 0 amide bonds. The summed E-state index contributed by atoms with van der Waals surface area (Å²) in [5, 5.41) is 4.03. The second kappa shape index (κ2) is 6.87. The summed E-state index contributed by atoms with van der Waals surface area (Å²) in [6.07, 6.45) is -2.63. The Bertz CT molecular complexity index is 778. The first-order chi connectivity index (χ1) is 11.8. The van der Waals surface area contributed by atoms with Crippen molar-refractivity contribution in [3.8, 4) is 0 Å². The zero-order valence-electron chi connectivity index (χ0n) is 13.8. The molecule has 0 N–H and O–H groups in total. The van der Waals surface area contributed by atoms with E-state index in [1.165, 1.54) is 16.8 Å². The topological polar surface area (TPSA) is 41.4 Å². The summed E-state index contributed by atoms with van der Waals surface area (Å²) in [7, 11) is 1.61. The molecule has 0 radical (unpaired) electrons. The molecule has 1 aromatic carbocycles. The van der Waals surface area contributed by atoms with Crippen molar-refractivity contribution in [1.29, 1.82) is 0 Å². The number of halogens is 3. The van der Waals surface area contributed by atoms with Crippen molar-refractivity contribution in [2.45, 2.75) is 12.7 Å². The van der Waals surface area contributed by atoms with Gasteiger partial charge < -0.3 is 4.90 Å². The standard InChI is InChI=1S/C17H19F3N4O/c1-22-16(25)10-15(11-21-22)24-8-6-23(7-9-24)12-13-2-4-14(5-3-13)17(18,19)20/h2-5,10-11H,6-9,12H2,1H3. The van der Waals surface area contributed by atoms with Gasteiger partial charge in [0, 0.05) is 45.8 Å². The van der Waals surface area contributed by atoms with Crippen molar-refractivity contribution >= 4 is 5.69 Å². The molecule has 0 atom stereocenters. The Labute approximate surface area is 143 Å². The van der Waals surface area contributed by atoms with Crippen molar-refractivity contribution < 1.29 is 13.2 Å². The van der Waals surface area contributed by atoms with E-state index < -0.39 is 11.7 Å². The van der Waals surface area contributed by atoms with Crippen LogP contribution >= 0.6 is 0 Å². The van der Waals surface area contributed by atoms with Crippen LogP contribution in [0.5, 0.6) is 0 Å². The molecule has 1 aliphatic heterocycles. The van der Waals surface area contributed by atoms with Crippen LogP contribution < -0.4 is 10.5 Å². The van der Waals surface area contributed by atoms with E-state index in [-0.39, 0.29) is 5.56 Å². The molecule has 1 saturated heterocycles. The summed E-state index contributed by atoms with van der Waals surface area (Å²) in [6.45, 7) is 3.65. The van der Waals surface area contributed by atoms with Gasteiger partial charge >= 0.3 is 6.18 Å². The number of rotatable bonds is 3. The molecular weight excluding hydrogens is 333 g/mol. The molecule has 0 bridgehead atoms. The molecule has 1 aromatic heterocycles. The van der Waals surface area contributed by atoms with Gasteiger partial charge in [-0.25, -0.2) is 4.68 Å². The van der Waals surface area contributed by atoms with Gasteiger partial charge in [0.25, 0.3) is 5.56 Å². The summed E-state index contributed by atoms with van der Waals surface area (Å²) in [5.41, 5.74) is 0.887. The summed E-state index contributed by atoms with van der Waals surface area (Å²) >= 11 is 0. The van der Waals surface area contributed by atoms with Gasteiger partial charge in [-0.15, -0.1) is 0 Å². The van der Waals surface area contributed by atoms with Crippen molar-refractivity contribution in [3.63, 3.8) is 0 Å². The molecular formula is C17H19F3N4O. The Hall–Kier alpha value is -2.35. The molecule has 2 heterocycles. The third-order valence-corrected chi connectivity index (χ3v) is 4.38. The Morgan fingerprint density at radius 2 is 1.72 bits per heavy atom. The number of hydrogen-bond acceptors (Lipinski definition) is 4. The highest BCUT2D eigenvalue weighted by molar-refractivity contribution is 5.43. The maximum absolute atomic E-state index is 12.6. The predicted octanol–water partition coefficient (Wildman–Crippen LogP) is 2.12. The van der Waals surface area contributed by atoms with Crippen molar-refractivity contribution in [2.24, 2.45) is 7.05 Å². The first-order valence-electron chi connectivity index (χ1n) is 8.00. The second-order valence-electron chi connectivity index (χ2n) is 6.13. The summed E-state index contributed by atoms with van der Waals surface area (Å²) in [6, 6.07) is 6.87. The third kappa shape index (κ3) is 4.19. The number of benzene rings is 1. The van der Waals surface area contributed by atoms with Gasteiger partial charge in [0.15, 0.2) is 0 Å². The van der Waals surface area contributed by atoms with Crippen LogP contribution in [0.2, 0.25) is 0 Å². The van der Waals surface area contributed by atoms with Crippen LogP contribution in [0.15, 0.2) is 41.3 Å². The van der Waals surface area contributed by atoms with Crippen LogP contribution in [0.4, 0.5) is 18.9 Å². The smallest absolute Gasteiger partial charge is 0.368 e. The van der Waals surface area contributed by atoms with Crippen LogP contribution in [0, 0.1) is 0 Å². The fourth-order valence-corrected chi connectivity index (χ4v) is 2.85. The van der Waals surface area contributed by atoms with E-state index in [1.54, 1.807) is 19.3 Å². The lowest BCUT2D eigenvalue weighted by Crippen LogP contribution is -2.46. The van der Waals surface area contributed by atoms with Gasteiger partial charge in [0.05, 0.1) is 17.4 Å². The Morgan fingerprint density at radius 3 is 2.28 bits per heavy atom. The monoisotopic (exact) mass is 352 g/mol. The first kappa shape index (κ1) is 17.5. The van der Waals surface area contributed by atoms with Gasteiger partial charge in [0.1, 0.15) is 0 Å². The van der Waals surface area contributed by atoms with Gasteiger partial charge in [-0.1, -0.05) is 12.1 Å². The minimum atomic E-state index is -4.30. The molecule has 1 aliphatic rings. The lowest BCUT2D eigenvalue weighted by atomic mass is 10.1. The minimum absolute atomic E-state index is 0.148. The largest absolute Gasteiger partial charge is 0.416 e. The lowest BCUT2D eigenvalue weighted by Gasteiger charge is -2.35. The highest BCUT2D eigenvalue weighted by Gasteiger charge is 2.30. The number of aryl methyl sites for hydroxylation is 1. The van der Waals surface area contributed by atoms with Crippen LogP contribution in [0.1, 0.15) is 11.1 Å². The van der Waals surface area contributed by atoms with Gasteiger partial charge in [0.2, 0.25) is 0 Å². The quantitative estimate of drug-likeness (QED) is 0.849. The number of hydrogen-bond donors (Lipinski definition) is 0. The van der Waals surface area contributed by atoms with Crippen molar-refractivity contribution in [1.82, 2.24) is 14.7 Å². The fourth-order valence-electron chi connectivity index (χ4n) is 2.85. The first-order valence-corrected chi connectivity index (χ1v) is 8.00. The van der Waals surface area contributed by atoms with Crippen LogP contribution in [-0.4, -0.2) is 40.9 Å². The van der Waals surface area contributed by atoms with Gasteiger partial charge in [-0.05, 0) is 17.7 Å². The third-order valence-electron chi connectivity index (χ3n) is 4.38. The molecule has 0 aliphatic carbocycles. The molecule has 0 spiro atoms. The van der Waals surface area contributed by atoms with Crippen LogP contribution in [0.3, 0.4) is 0 Å². The molecule has 5 nitrogen and oxygen atoms in total. The SMILES string of the molecule is Cn1ncc(N2CCN(Cc3ccc(C(F)(F)F)cc3)CC2)cc1=O. The van der Waals surface area contributed by atoms with Gasteiger partial charge in [-0.2, -0.15) is 18.3 Å². The zero-order chi connectivity index (χ0) is 18.0. The molecule has 2 aromatic rings. The molecule has 3 rings (SSSR count). The van der Waals surface area contributed by atoms with Crippen molar-refractivity contribution in [3.05, 3.63) is 58.0 Å². The molecule has 0 saturated carbocycles. The average Bonchev–Trinajstić information content (AvgIpc) is 2.58. The van der Waals surface area contributed by atoms with E-state index in [0.717, 1.165) is 49.6 Å².